The molecule has 2 rings (SSSR count). The van der Waals surface area contributed by atoms with Crippen LogP contribution in [0, 0.1) is 5.82 Å². The summed E-state index contributed by atoms with van der Waals surface area (Å²) in [6.07, 6.45) is 0. The SMILES string of the molecule is Nc1cc(Cl)cc(Cl)c1NC(=O)c1ccc(F)cc1Br. The van der Waals surface area contributed by atoms with Gasteiger partial charge < -0.3 is 11.1 Å². The molecule has 0 saturated carbocycles. The lowest BCUT2D eigenvalue weighted by Gasteiger charge is -2.11. The monoisotopic (exact) mass is 376 g/mol. The molecule has 0 aliphatic rings. The van der Waals surface area contributed by atoms with Gasteiger partial charge in [-0.3, -0.25) is 4.79 Å². The summed E-state index contributed by atoms with van der Waals surface area (Å²) in [6.45, 7) is 0. The molecule has 0 aliphatic heterocycles. The Bertz CT molecular complexity index is 671. The molecule has 2 aromatic rings. The second-order valence-electron chi connectivity index (χ2n) is 3.93. The van der Waals surface area contributed by atoms with Crippen LogP contribution in [0.15, 0.2) is 34.8 Å². The van der Waals surface area contributed by atoms with Gasteiger partial charge in [0.1, 0.15) is 5.82 Å². The maximum absolute atomic E-state index is 13.0. The number of hydrogen-bond donors (Lipinski definition) is 2. The lowest BCUT2D eigenvalue weighted by atomic mass is 10.2. The van der Waals surface area contributed by atoms with E-state index < -0.39 is 11.7 Å². The highest BCUT2D eigenvalue weighted by atomic mass is 79.9. The van der Waals surface area contributed by atoms with Crippen LogP contribution >= 0.6 is 39.1 Å². The maximum Gasteiger partial charge on any atom is 0.256 e. The van der Waals surface area contributed by atoms with Crippen LogP contribution in [0.1, 0.15) is 10.4 Å². The molecule has 104 valence electrons. The number of rotatable bonds is 2. The normalized spacial score (nSPS) is 10.4. The zero-order valence-corrected chi connectivity index (χ0v) is 13.0. The van der Waals surface area contributed by atoms with E-state index >= 15 is 0 Å². The van der Waals surface area contributed by atoms with Gasteiger partial charge in [0, 0.05) is 9.50 Å². The molecule has 1 amide bonds. The van der Waals surface area contributed by atoms with E-state index in [0.29, 0.717) is 9.50 Å². The molecule has 2 aromatic carbocycles. The second kappa shape index (κ2) is 5.99. The standard InChI is InChI=1S/C13H8BrCl2FN2O/c14-9-5-7(17)1-2-8(9)13(20)19-12-10(16)3-6(15)4-11(12)18/h1-5H,18H2,(H,19,20). The lowest BCUT2D eigenvalue weighted by molar-refractivity contribution is 0.102. The average Bonchev–Trinajstić information content (AvgIpc) is 2.33. The van der Waals surface area contributed by atoms with Gasteiger partial charge in [-0.1, -0.05) is 23.2 Å². The Hall–Kier alpha value is -1.30. The molecule has 0 bridgehead atoms. The molecular weight excluding hydrogens is 370 g/mol. The van der Waals surface area contributed by atoms with Crippen molar-refractivity contribution in [3.8, 4) is 0 Å². The summed E-state index contributed by atoms with van der Waals surface area (Å²) in [5.74, 6) is -0.912. The molecular formula is C13H8BrCl2FN2O. The molecule has 20 heavy (non-hydrogen) atoms. The summed E-state index contributed by atoms with van der Waals surface area (Å²) < 4.78 is 13.3. The zero-order valence-electron chi connectivity index (χ0n) is 9.88. The number of carbonyl (C=O) groups is 1. The number of hydrogen-bond acceptors (Lipinski definition) is 2. The third-order valence-corrected chi connectivity index (χ3v) is 3.67. The fourth-order valence-corrected chi connectivity index (χ4v) is 2.67. The van der Waals surface area contributed by atoms with E-state index in [0.717, 1.165) is 0 Å². The number of anilines is 2. The molecule has 0 fully saturated rings. The van der Waals surface area contributed by atoms with Crippen LogP contribution in [-0.4, -0.2) is 5.91 Å². The fraction of sp³-hybridized carbons (Fsp3) is 0. The van der Waals surface area contributed by atoms with Gasteiger partial charge in [-0.15, -0.1) is 0 Å². The fourth-order valence-electron chi connectivity index (χ4n) is 1.58. The van der Waals surface area contributed by atoms with E-state index in [1.54, 1.807) is 0 Å². The van der Waals surface area contributed by atoms with Gasteiger partial charge in [-0.2, -0.15) is 0 Å². The van der Waals surface area contributed by atoms with Crippen LogP contribution in [0.3, 0.4) is 0 Å². The average molecular weight is 378 g/mol. The van der Waals surface area contributed by atoms with E-state index in [9.17, 15) is 9.18 Å². The maximum atomic E-state index is 13.0. The number of amides is 1. The van der Waals surface area contributed by atoms with Gasteiger partial charge in [-0.05, 0) is 46.3 Å². The first-order valence-corrected chi connectivity index (χ1v) is 6.94. The number of nitrogen functional groups attached to an aromatic ring is 1. The van der Waals surface area contributed by atoms with Crippen molar-refractivity contribution in [3.63, 3.8) is 0 Å². The molecule has 0 unspecified atom stereocenters. The zero-order chi connectivity index (χ0) is 14.9. The molecule has 0 atom stereocenters. The van der Waals surface area contributed by atoms with Crippen molar-refractivity contribution in [2.75, 3.05) is 11.1 Å². The first kappa shape index (κ1) is 15.1. The van der Waals surface area contributed by atoms with Crippen molar-refractivity contribution in [1.82, 2.24) is 0 Å². The summed E-state index contributed by atoms with van der Waals surface area (Å²) in [5.41, 5.74) is 6.52. The minimum Gasteiger partial charge on any atom is -0.397 e. The summed E-state index contributed by atoms with van der Waals surface area (Å²) in [6, 6.07) is 6.68. The molecule has 0 spiro atoms. The number of nitrogens with two attached hydrogens (primary N) is 1. The van der Waals surface area contributed by atoms with Crippen molar-refractivity contribution < 1.29 is 9.18 Å². The van der Waals surface area contributed by atoms with E-state index in [4.69, 9.17) is 28.9 Å². The van der Waals surface area contributed by atoms with Crippen LogP contribution in [-0.2, 0) is 0 Å². The van der Waals surface area contributed by atoms with E-state index in [2.05, 4.69) is 21.2 Å². The van der Waals surface area contributed by atoms with Gasteiger partial charge in [0.25, 0.3) is 5.91 Å². The van der Waals surface area contributed by atoms with Crippen molar-refractivity contribution in [3.05, 3.63) is 56.2 Å². The Morgan fingerprint density at radius 2 is 1.95 bits per heavy atom. The summed E-state index contributed by atoms with van der Waals surface area (Å²) in [7, 11) is 0. The molecule has 0 saturated heterocycles. The minimum absolute atomic E-state index is 0.224. The largest absolute Gasteiger partial charge is 0.397 e. The number of halogens is 4. The second-order valence-corrected chi connectivity index (χ2v) is 5.63. The minimum atomic E-state index is -0.465. The quantitative estimate of drug-likeness (QED) is 0.743. The Morgan fingerprint density at radius 1 is 1.25 bits per heavy atom. The lowest BCUT2D eigenvalue weighted by Crippen LogP contribution is -2.14. The van der Waals surface area contributed by atoms with Crippen LogP contribution in [0.5, 0.6) is 0 Å². The van der Waals surface area contributed by atoms with Crippen LogP contribution in [0.25, 0.3) is 0 Å². The van der Waals surface area contributed by atoms with E-state index in [-0.39, 0.29) is 22.0 Å². The Morgan fingerprint density at radius 3 is 2.55 bits per heavy atom. The highest BCUT2D eigenvalue weighted by molar-refractivity contribution is 9.10. The Balaban J connectivity index is 2.33. The smallest absolute Gasteiger partial charge is 0.256 e. The van der Waals surface area contributed by atoms with Crippen LogP contribution < -0.4 is 11.1 Å². The topological polar surface area (TPSA) is 55.1 Å². The first-order chi connectivity index (χ1) is 9.38. The molecule has 0 aromatic heterocycles. The molecule has 3 N–H and O–H groups in total. The van der Waals surface area contributed by atoms with Gasteiger partial charge in [0.05, 0.1) is 22.0 Å². The van der Waals surface area contributed by atoms with Crippen molar-refractivity contribution in [2.45, 2.75) is 0 Å². The first-order valence-electron chi connectivity index (χ1n) is 5.39. The summed E-state index contributed by atoms with van der Waals surface area (Å²) in [4.78, 5) is 12.1. The predicted octanol–water partition coefficient (Wildman–Crippen LogP) is 4.73. The summed E-state index contributed by atoms with van der Waals surface area (Å²) >= 11 is 14.9. The molecule has 3 nitrogen and oxygen atoms in total. The van der Waals surface area contributed by atoms with E-state index in [1.807, 2.05) is 0 Å². The Kier molecular flexibility index (Phi) is 4.52. The molecule has 0 heterocycles. The van der Waals surface area contributed by atoms with Gasteiger partial charge in [0.2, 0.25) is 0 Å². The van der Waals surface area contributed by atoms with Crippen molar-refractivity contribution >= 4 is 56.4 Å². The predicted molar refractivity (Wildman–Crippen MR) is 82.9 cm³/mol. The highest BCUT2D eigenvalue weighted by Crippen LogP contribution is 2.32. The van der Waals surface area contributed by atoms with Crippen molar-refractivity contribution in [2.24, 2.45) is 0 Å². The molecule has 0 aliphatic carbocycles. The third kappa shape index (κ3) is 3.23. The third-order valence-electron chi connectivity index (χ3n) is 2.50. The van der Waals surface area contributed by atoms with Gasteiger partial charge >= 0.3 is 0 Å². The van der Waals surface area contributed by atoms with Gasteiger partial charge in [-0.25, -0.2) is 4.39 Å². The van der Waals surface area contributed by atoms with Gasteiger partial charge in [0.15, 0.2) is 0 Å². The number of benzene rings is 2. The Labute approximate surface area is 133 Å². The van der Waals surface area contributed by atoms with Crippen LogP contribution in [0.4, 0.5) is 15.8 Å². The molecule has 7 heteroatoms. The highest BCUT2D eigenvalue weighted by Gasteiger charge is 2.15. The molecule has 0 radical (unpaired) electrons. The summed E-state index contributed by atoms with van der Waals surface area (Å²) in [5, 5.41) is 3.17. The number of carbonyl (C=O) groups excluding carboxylic acids is 1. The number of nitrogens with one attached hydrogen (secondary N) is 1. The van der Waals surface area contributed by atoms with E-state index in [1.165, 1.54) is 30.3 Å². The van der Waals surface area contributed by atoms with Crippen molar-refractivity contribution in [1.29, 1.82) is 0 Å². The van der Waals surface area contributed by atoms with Crippen LogP contribution in [0.2, 0.25) is 10.0 Å².